The highest BCUT2D eigenvalue weighted by Crippen LogP contribution is 2.36. The zero-order valence-electron chi connectivity index (χ0n) is 12.0. The third-order valence-corrected chi connectivity index (χ3v) is 4.88. The van der Waals surface area contributed by atoms with Gasteiger partial charge in [-0.2, -0.15) is 0 Å². The van der Waals surface area contributed by atoms with E-state index in [1.807, 2.05) is 47.8 Å². The highest BCUT2D eigenvalue weighted by molar-refractivity contribution is 7.13. The van der Waals surface area contributed by atoms with Crippen molar-refractivity contribution in [2.24, 2.45) is 0 Å². The standard InChI is InChI=1S/C18H12ClFN2S/c19-12-10-13(20)16(14-7-4-8-23-14)18-17(12)21-15(22-18)9-11-5-2-1-3-6-11/h1-8,10H,9H2,(H,21,22). The second-order valence-corrected chi connectivity index (χ2v) is 6.62. The van der Waals surface area contributed by atoms with Crippen LogP contribution in [0.3, 0.4) is 0 Å². The summed E-state index contributed by atoms with van der Waals surface area (Å²) in [6, 6.07) is 15.2. The molecule has 0 fully saturated rings. The molecule has 0 spiro atoms. The molecule has 5 heteroatoms. The molecule has 23 heavy (non-hydrogen) atoms. The maximum Gasteiger partial charge on any atom is 0.135 e. The van der Waals surface area contributed by atoms with Crippen LogP contribution >= 0.6 is 22.9 Å². The molecule has 1 N–H and O–H groups in total. The number of hydrogen-bond donors (Lipinski definition) is 1. The van der Waals surface area contributed by atoms with Crippen molar-refractivity contribution in [3.63, 3.8) is 0 Å². The Morgan fingerprint density at radius 3 is 2.70 bits per heavy atom. The average Bonchev–Trinajstić information content (AvgIpc) is 3.19. The van der Waals surface area contributed by atoms with Crippen LogP contribution in [0.4, 0.5) is 4.39 Å². The molecule has 0 bridgehead atoms. The Kier molecular flexibility index (Phi) is 3.63. The highest BCUT2D eigenvalue weighted by Gasteiger charge is 2.18. The summed E-state index contributed by atoms with van der Waals surface area (Å²) in [6.45, 7) is 0. The summed E-state index contributed by atoms with van der Waals surface area (Å²) in [5.74, 6) is 0.441. The van der Waals surface area contributed by atoms with Gasteiger partial charge in [0, 0.05) is 11.3 Å². The maximum atomic E-state index is 14.5. The number of hydrogen-bond acceptors (Lipinski definition) is 2. The van der Waals surface area contributed by atoms with Gasteiger partial charge in [0.25, 0.3) is 0 Å². The molecule has 2 nitrogen and oxygen atoms in total. The molecule has 4 aromatic rings. The molecule has 0 atom stereocenters. The molecule has 0 amide bonds. The largest absolute Gasteiger partial charge is 0.341 e. The molecule has 2 aromatic heterocycles. The van der Waals surface area contributed by atoms with E-state index in [2.05, 4.69) is 9.97 Å². The van der Waals surface area contributed by atoms with Crippen molar-refractivity contribution >= 4 is 34.0 Å². The maximum absolute atomic E-state index is 14.5. The van der Waals surface area contributed by atoms with Gasteiger partial charge in [-0.15, -0.1) is 11.3 Å². The third-order valence-electron chi connectivity index (χ3n) is 3.70. The molecule has 0 aliphatic carbocycles. The van der Waals surface area contributed by atoms with Gasteiger partial charge in [0.15, 0.2) is 0 Å². The van der Waals surface area contributed by atoms with E-state index in [1.54, 1.807) is 0 Å². The Bertz CT molecular complexity index is 962. The Balaban J connectivity index is 1.87. The molecule has 0 aliphatic heterocycles. The zero-order chi connectivity index (χ0) is 15.8. The zero-order valence-corrected chi connectivity index (χ0v) is 13.6. The first-order valence-corrected chi connectivity index (χ1v) is 8.42. The van der Waals surface area contributed by atoms with Crippen molar-refractivity contribution in [2.45, 2.75) is 6.42 Å². The topological polar surface area (TPSA) is 28.7 Å². The van der Waals surface area contributed by atoms with Gasteiger partial charge in [-0.3, -0.25) is 0 Å². The Hall–Kier alpha value is -2.17. The van der Waals surface area contributed by atoms with E-state index in [0.717, 1.165) is 16.3 Å². The first kappa shape index (κ1) is 14.4. The predicted molar refractivity (Wildman–Crippen MR) is 93.6 cm³/mol. The molecule has 114 valence electrons. The quantitative estimate of drug-likeness (QED) is 0.510. The minimum Gasteiger partial charge on any atom is -0.341 e. The lowest BCUT2D eigenvalue weighted by atomic mass is 10.1. The number of H-pyrrole nitrogens is 1. The van der Waals surface area contributed by atoms with Gasteiger partial charge < -0.3 is 4.98 Å². The molecular formula is C18H12ClFN2S. The lowest BCUT2D eigenvalue weighted by Crippen LogP contribution is -1.89. The minimum atomic E-state index is -0.333. The Labute approximate surface area is 141 Å². The van der Waals surface area contributed by atoms with Crippen LogP contribution in [0.2, 0.25) is 5.02 Å². The molecule has 0 saturated heterocycles. The number of fused-ring (bicyclic) bond motifs is 1. The molecule has 0 saturated carbocycles. The molecule has 2 heterocycles. The van der Waals surface area contributed by atoms with Crippen LogP contribution in [0, 0.1) is 5.82 Å². The van der Waals surface area contributed by atoms with Crippen molar-refractivity contribution < 1.29 is 4.39 Å². The summed E-state index contributed by atoms with van der Waals surface area (Å²) < 4.78 is 14.5. The van der Waals surface area contributed by atoms with Gasteiger partial charge in [0.2, 0.25) is 0 Å². The molecule has 0 aliphatic rings. The van der Waals surface area contributed by atoms with E-state index in [9.17, 15) is 4.39 Å². The second kappa shape index (κ2) is 5.80. The number of aromatic amines is 1. The number of halogens is 2. The first-order valence-electron chi connectivity index (χ1n) is 7.17. The molecule has 2 aromatic carbocycles. The Morgan fingerprint density at radius 1 is 1.13 bits per heavy atom. The third kappa shape index (κ3) is 2.64. The lowest BCUT2D eigenvalue weighted by Gasteiger charge is -2.03. The smallest absolute Gasteiger partial charge is 0.135 e. The number of aromatic nitrogens is 2. The van der Waals surface area contributed by atoms with E-state index >= 15 is 0 Å². The van der Waals surface area contributed by atoms with E-state index in [4.69, 9.17) is 11.6 Å². The van der Waals surface area contributed by atoms with E-state index in [0.29, 0.717) is 28.0 Å². The van der Waals surface area contributed by atoms with Crippen LogP contribution in [0.15, 0.2) is 53.9 Å². The number of thiophene rings is 1. The fraction of sp³-hybridized carbons (Fsp3) is 0.0556. The van der Waals surface area contributed by atoms with Gasteiger partial charge >= 0.3 is 0 Å². The van der Waals surface area contributed by atoms with Gasteiger partial charge in [-0.1, -0.05) is 48.0 Å². The minimum absolute atomic E-state index is 0.327. The summed E-state index contributed by atoms with van der Waals surface area (Å²) >= 11 is 7.69. The predicted octanol–water partition coefficient (Wildman–Crippen LogP) is 5.67. The molecule has 0 radical (unpaired) electrons. The fourth-order valence-electron chi connectivity index (χ4n) is 2.68. The first-order chi connectivity index (χ1) is 11.2. The second-order valence-electron chi connectivity index (χ2n) is 5.26. The van der Waals surface area contributed by atoms with Crippen molar-refractivity contribution in [3.05, 3.63) is 76.1 Å². The summed E-state index contributed by atoms with van der Waals surface area (Å²) in [4.78, 5) is 8.68. The monoisotopic (exact) mass is 342 g/mol. The van der Waals surface area contributed by atoms with Crippen LogP contribution in [0.1, 0.15) is 11.4 Å². The molecular weight excluding hydrogens is 331 g/mol. The molecule has 4 rings (SSSR count). The van der Waals surface area contributed by atoms with Gasteiger partial charge in [0.1, 0.15) is 17.2 Å². The summed E-state index contributed by atoms with van der Waals surface area (Å²) in [6.07, 6.45) is 0.650. The summed E-state index contributed by atoms with van der Waals surface area (Å²) in [5, 5.41) is 2.25. The number of rotatable bonds is 3. The lowest BCUT2D eigenvalue weighted by molar-refractivity contribution is 0.633. The normalized spacial score (nSPS) is 11.2. The van der Waals surface area contributed by atoms with Crippen LogP contribution in [-0.2, 0) is 6.42 Å². The van der Waals surface area contributed by atoms with Crippen molar-refractivity contribution in [2.75, 3.05) is 0 Å². The van der Waals surface area contributed by atoms with Gasteiger partial charge in [-0.05, 0) is 23.1 Å². The summed E-state index contributed by atoms with van der Waals surface area (Å²) in [7, 11) is 0. The van der Waals surface area contributed by atoms with Gasteiger partial charge in [0.05, 0.1) is 16.1 Å². The van der Waals surface area contributed by atoms with Crippen molar-refractivity contribution in [1.82, 2.24) is 9.97 Å². The van der Waals surface area contributed by atoms with Crippen LogP contribution in [-0.4, -0.2) is 9.97 Å². The Morgan fingerprint density at radius 2 is 1.96 bits per heavy atom. The SMILES string of the molecule is Fc1cc(Cl)c2nc(Cc3ccccc3)[nH]c2c1-c1cccs1. The van der Waals surface area contributed by atoms with Gasteiger partial charge in [-0.25, -0.2) is 9.37 Å². The van der Waals surface area contributed by atoms with Crippen molar-refractivity contribution in [3.8, 4) is 10.4 Å². The number of nitrogens with one attached hydrogen (secondary N) is 1. The van der Waals surface area contributed by atoms with Crippen LogP contribution in [0.25, 0.3) is 21.5 Å². The van der Waals surface area contributed by atoms with Crippen LogP contribution < -0.4 is 0 Å². The number of nitrogens with zero attached hydrogens (tertiary/aromatic N) is 1. The fourth-order valence-corrected chi connectivity index (χ4v) is 3.69. The van der Waals surface area contributed by atoms with E-state index in [-0.39, 0.29) is 5.82 Å². The molecule has 0 unspecified atom stereocenters. The number of imidazole rings is 1. The highest BCUT2D eigenvalue weighted by atomic mass is 35.5. The summed E-state index contributed by atoms with van der Waals surface area (Å²) in [5.41, 5.74) is 2.94. The van der Waals surface area contributed by atoms with Crippen molar-refractivity contribution in [1.29, 1.82) is 0 Å². The van der Waals surface area contributed by atoms with E-state index < -0.39 is 0 Å². The van der Waals surface area contributed by atoms with Crippen LogP contribution in [0.5, 0.6) is 0 Å². The van der Waals surface area contributed by atoms with E-state index in [1.165, 1.54) is 17.4 Å². The average molecular weight is 343 g/mol. The number of benzene rings is 2.